The number of hydrogen-bond donors (Lipinski definition) is 2. The van der Waals surface area contributed by atoms with Gasteiger partial charge in [0.05, 0.1) is 7.11 Å². The van der Waals surface area contributed by atoms with Crippen molar-refractivity contribution in [2.24, 2.45) is 5.73 Å². The Balaban J connectivity index is 2.31. The lowest BCUT2D eigenvalue weighted by Crippen LogP contribution is -2.15. The Morgan fingerprint density at radius 3 is 2.67 bits per heavy atom. The van der Waals surface area contributed by atoms with Crippen LogP contribution in [0.1, 0.15) is 24.1 Å². The molecule has 0 spiro atoms. The van der Waals surface area contributed by atoms with Crippen molar-refractivity contribution < 1.29 is 4.74 Å². The normalized spacial score (nSPS) is 11.8. The topological polar surface area (TPSA) is 47.3 Å². The number of thiocarbonyl (C=S) groups is 1. The van der Waals surface area contributed by atoms with Gasteiger partial charge in [-0.25, -0.2) is 0 Å². The SMILES string of the molecule is COc1ccc(C(N)=S)c(NC(C)c2cccc(Br)c2)c1. The Morgan fingerprint density at radius 2 is 2.05 bits per heavy atom. The second kappa shape index (κ2) is 6.91. The first-order valence-corrected chi connectivity index (χ1v) is 7.71. The van der Waals surface area contributed by atoms with E-state index in [1.165, 1.54) is 5.56 Å². The Kier molecular flexibility index (Phi) is 5.20. The number of methoxy groups -OCH3 is 1. The summed E-state index contributed by atoms with van der Waals surface area (Å²) in [6.45, 7) is 2.09. The average Bonchev–Trinajstić information content (AvgIpc) is 2.46. The van der Waals surface area contributed by atoms with Crippen LogP contribution >= 0.6 is 28.1 Å². The molecule has 0 saturated carbocycles. The van der Waals surface area contributed by atoms with Crippen LogP contribution in [0, 0.1) is 0 Å². The predicted octanol–water partition coefficient (Wildman–Crippen LogP) is 4.27. The smallest absolute Gasteiger partial charge is 0.120 e. The summed E-state index contributed by atoms with van der Waals surface area (Å²) in [7, 11) is 1.64. The lowest BCUT2D eigenvalue weighted by molar-refractivity contribution is 0.415. The molecule has 0 bridgehead atoms. The molecular formula is C16H17BrN2OS. The van der Waals surface area contributed by atoms with Crippen LogP contribution in [0.25, 0.3) is 0 Å². The number of nitrogens with one attached hydrogen (secondary N) is 1. The van der Waals surface area contributed by atoms with Gasteiger partial charge in [0.2, 0.25) is 0 Å². The first kappa shape index (κ1) is 15.8. The highest BCUT2D eigenvalue weighted by Crippen LogP contribution is 2.27. The molecule has 1 atom stereocenters. The predicted molar refractivity (Wildman–Crippen MR) is 95.1 cm³/mol. The average molecular weight is 365 g/mol. The molecule has 21 heavy (non-hydrogen) atoms. The van der Waals surface area contributed by atoms with Gasteiger partial charge in [0, 0.05) is 27.8 Å². The van der Waals surface area contributed by atoms with Crippen molar-refractivity contribution in [3.8, 4) is 5.75 Å². The maximum atomic E-state index is 5.79. The van der Waals surface area contributed by atoms with Crippen molar-refractivity contribution in [3.63, 3.8) is 0 Å². The second-order valence-electron chi connectivity index (χ2n) is 4.70. The minimum absolute atomic E-state index is 0.114. The van der Waals surface area contributed by atoms with Crippen molar-refractivity contribution in [1.82, 2.24) is 0 Å². The van der Waals surface area contributed by atoms with E-state index in [1.807, 2.05) is 30.3 Å². The molecule has 0 aliphatic carbocycles. The highest BCUT2D eigenvalue weighted by molar-refractivity contribution is 9.10. The summed E-state index contributed by atoms with van der Waals surface area (Å²) in [6.07, 6.45) is 0. The standard InChI is InChI=1S/C16H17BrN2OS/c1-10(11-4-3-5-12(17)8-11)19-15-9-13(20-2)6-7-14(15)16(18)21/h3-10,19H,1-2H3,(H2,18,21). The zero-order chi connectivity index (χ0) is 15.4. The van der Waals surface area contributed by atoms with Gasteiger partial charge in [0.15, 0.2) is 0 Å². The number of hydrogen-bond acceptors (Lipinski definition) is 3. The lowest BCUT2D eigenvalue weighted by atomic mass is 10.1. The van der Waals surface area contributed by atoms with Crippen LogP contribution in [0.2, 0.25) is 0 Å². The van der Waals surface area contributed by atoms with Gasteiger partial charge in [-0.1, -0.05) is 40.3 Å². The summed E-state index contributed by atoms with van der Waals surface area (Å²) < 4.78 is 6.31. The van der Waals surface area contributed by atoms with Gasteiger partial charge in [0.1, 0.15) is 10.7 Å². The molecule has 0 aliphatic rings. The van der Waals surface area contributed by atoms with E-state index in [4.69, 9.17) is 22.7 Å². The molecule has 2 rings (SSSR count). The lowest BCUT2D eigenvalue weighted by Gasteiger charge is -2.19. The second-order valence-corrected chi connectivity index (χ2v) is 6.05. The zero-order valence-corrected chi connectivity index (χ0v) is 14.3. The fraction of sp³-hybridized carbons (Fsp3) is 0.188. The zero-order valence-electron chi connectivity index (χ0n) is 11.9. The van der Waals surface area contributed by atoms with E-state index in [2.05, 4.69) is 40.3 Å². The molecular weight excluding hydrogens is 348 g/mol. The minimum Gasteiger partial charge on any atom is -0.497 e. The number of rotatable bonds is 5. The highest BCUT2D eigenvalue weighted by Gasteiger charge is 2.11. The van der Waals surface area contributed by atoms with Crippen LogP contribution < -0.4 is 15.8 Å². The van der Waals surface area contributed by atoms with Crippen molar-refractivity contribution in [3.05, 3.63) is 58.1 Å². The van der Waals surface area contributed by atoms with Crippen molar-refractivity contribution in [2.45, 2.75) is 13.0 Å². The van der Waals surface area contributed by atoms with Crippen LogP contribution in [0.5, 0.6) is 5.75 Å². The van der Waals surface area contributed by atoms with E-state index in [9.17, 15) is 0 Å². The first-order chi connectivity index (χ1) is 10.0. The molecule has 3 N–H and O–H groups in total. The van der Waals surface area contributed by atoms with E-state index < -0.39 is 0 Å². The third-order valence-corrected chi connectivity index (χ3v) is 3.93. The van der Waals surface area contributed by atoms with Gasteiger partial charge in [-0.3, -0.25) is 0 Å². The Morgan fingerprint density at radius 1 is 1.29 bits per heavy atom. The van der Waals surface area contributed by atoms with Gasteiger partial charge in [-0.05, 0) is 36.8 Å². The fourth-order valence-corrected chi connectivity index (χ4v) is 2.67. The Hall–Kier alpha value is -1.59. The summed E-state index contributed by atoms with van der Waals surface area (Å²) in [5.41, 5.74) is 8.64. The molecule has 0 heterocycles. The van der Waals surface area contributed by atoms with Crippen LogP contribution in [0.3, 0.4) is 0 Å². The van der Waals surface area contributed by atoms with Gasteiger partial charge >= 0.3 is 0 Å². The fourth-order valence-electron chi connectivity index (χ4n) is 2.08. The number of anilines is 1. The molecule has 0 fully saturated rings. The minimum atomic E-state index is 0.114. The van der Waals surface area contributed by atoms with Gasteiger partial charge in [0.25, 0.3) is 0 Å². The molecule has 2 aromatic carbocycles. The van der Waals surface area contributed by atoms with Crippen LogP contribution in [0.4, 0.5) is 5.69 Å². The number of benzene rings is 2. The van der Waals surface area contributed by atoms with Crippen molar-refractivity contribution >= 4 is 38.8 Å². The maximum Gasteiger partial charge on any atom is 0.120 e. The third-order valence-electron chi connectivity index (χ3n) is 3.21. The van der Waals surface area contributed by atoms with Crippen LogP contribution in [0.15, 0.2) is 46.9 Å². The van der Waals surface area contributed by atoms with E-state index in [-0.39, 0.29) is 6.04 Å². The molecule has 0 saturated heterocycles. The van der Waals surface area contributed by atoms with Crippen molar-refractivity contribution in [1.29, 1.82) is 0 Å². The largest absolute Gasteiger partial charge is 0.497 e. The molecule has 3 nitrogen and oxygen atoms in total. The Bertz CT molecular complexity index is 660. The summed E-state index contributed by atoms with van der Waals surface area (Å²) in [5.74, 6) is 0.763. The first-order valence-electron chi connectivity index (χ1n) is 6.51. The highest BCUT2D eigenvalue weighted by atomic mass is 79.9. The maximum absolute atomic E-state index is 5.79. The molecule has 0 amide bonds. The monoisotopic (exact) mass is 364 g/mol. The molecule has 5 heteroatoms. The van der Waals surface area contributed by atoms with E-state index in [1.54, 1.807) is 7.11 Å². The van der Waals surface area contributed by atoms with E-state index in [0.717, 1.165) is 21.5 Å². The number of ether oxygens (including phenoxy) is 1. The molecule has 0 radical (unpaired) electrons. The number of nitrogens with two attached hydrogens (primary N) is 1. The molecule has 2 aromatic rings. The van der Waals surface area contributed by atoms with E-state index >= 15 is 0 Å². The summed E-state index contributed by atoms with van der Waals surface area (Å²) in [6, 6.07) is 13.9. The van der Waals surface area contributed by atoms with E-state index in [0.29, 0.717) is 4.99 Å². The molecule has 110 valence electrons. The summed E-state index contributed by atoms with van der Waals surface area (Å²) in [5, 5.41) is 3.44. The van der Waals surface area contributed by atoms with Gasteiger partial charge in [-0.2, -0.15) is 0 Å². The molecule has 0 aromatic heterocycles. The quantitative estimate of drug-likeness (QED) is 0.777. The van der Waals surface area contributed by atoms with Crippen molar-refractivity contribution in [2.75, 3.05) is 12.4 Å². The molecule has 0 aliphatic heterocycles. The summed E-state index contributed by atoms with van der Waals surface area (Å²) in [4.78, 5) is 0.363. The van der Waals surface area contributed by atoms with Crippen LogP contribution in [-0.2, 0) is 0 Å². The third kappa shape index (κ3) is 3.95. The molecule has 1 unspecified atom stereocenters. The van der Waals surface area contributed by atoms with Gasteiger partial charge < -0.3 is 15.8 Å². The van der Waals surface area contributed by atoms with Gasteiger partial charge in [-0.15, -0.1) is 0 Å². The summed E-state index contributed by atoms with van der Waals surface area (Å²) >= 11 is 8.60. The van der Waals surface area contributed by atoms with Crippen LogP contribution in [-0.4, -0.2) is 12.1 Å². The Labute approximate surface area is 138 Å². The number of halogens is 1.